The first-order valence-electron chi connectivity index (χ1n) is 6.88. The van der Waals surface area contributed by atoms with Gasteiger partial charge in [-0.25, -0.2) is 0 Å². The summed E-state index contributed by atoms with van der Waals surface area (Å²) in [7, 11) is 4.87. The summed E-state index contributed by atoms with van der Waals surface area (Å²) in [5, 5.41) is 0. The average Bonchev–Trinajstić information content (AvgIpc) is 2.58. The van der Waals surface area contributed by atoms with E-state index < -0.39 is 0 Å². The van der Waals surface area contributed by atoms with E-state index in [4.69, 9.17) is 18.9 Å². The Bertz CT molecular complexity index is 612. The molecule has 0 spiro atoms. The highest BCUT2D eigenvalue weighted by atomic mass is 16.7. The Morgan fingerprint density at radius 2 is 1.55 bits per heavy atom. The van der Waals surface area contributed by atoms with Gasteiger partial charge in [-0.05, 0) is 23.8 Å². The predicted octanol–water partition coefficient (Wildman–Crippen LogP) is 3.86. The van der Waals surface area contributed by atoms with Crippen molar-refractivity contribution in [3.8, 4) is 17.2 Å². The zero-order valence-corrected chi connectivity index (χ0v) is 13.0. The highest BCUT2D eigenvalue weighted by Gasteiger charge is 2.01. The Morgan fingerprint density at radius 1 is 0.864 bits per heavy atom. The van der Waals surface area contributed by atoms with E-state index in [2.05, 4.69) is 0 Å². The van der Waals surface area contributed by atoms with Gasteiger partial charge in [0.05, 0.1) is 14.2 Å². The van der Waals surface area contributed by atoms with Crippen LogP contribution in [0.5, 0.6) is 17.2 Å². The van der Waals surface area contributed by atoms with Crippen molar-refractivity contribution < 1.29 is 18.9 Å². The molecule has 0 aliphatic heterocycles. The van der Waals surface area contributed by atoms with Crippen molar-refractivity contribution in [1.82, 2.24) is 0 Å². The van der Waals surface area contributed by atoms with E-state index in [1.165, 1.54) is 0 Å². The second-order valence-electron chi connectivity index (χ2n) is 4.57. The largest absolute Gasteiger partial charge is 0.497 e. The van der Waals surface area contributed by atoms with Gasteiger partial charge in [0.2, 0.25) is 0 Å². The van der Waals surface area contributed by atoms with Crippen molar-refractivity contribution in [1.29, 1.82) is 0 Å². The molecule has 0 aliphatic carbocycles. The van der Waals surface area contributed by atoms with Crippen LogP contribution in [-0.4, -0.2) is 28.1 Å². The van der Waals surface area contributed by atoms with E-state index in [1.54, 1.807) is 21.3 Å². The molecule has 116 valence electrons. The second-order valence-corrected chi connectivity index (χ2v) is 4.57. The summed E-state index contributed by atoms with van der Waals surface area (Å²) in [5.41, 5.74) is 1.96. The van der Waals surface area contributed by atoms with Crippen LogP contribution in [0.3, 0.4) is 0 Å². The standard InChI is InChI=1S/C18H20O4/c1-19-13-22-18-7-5-4-6-15(18)9-8-14-10-16(20-2)12-17(11-14)21-3/h4-12H,13H2,1-3H3/b9-8+. The molecule has 0 fully saturated rings. The molecule has 0 heterocycles. The number of methoxy groups -OCH3 is 3. The Balaban J connectivity index is 2.25. The summed E-state index contributed by atoms with van der Waals surface area (Å²) in [6.45, 7) is 0.220. The molecule has 2 aromatic carbocycles. The minimum atomic E-state index is 0.220. The molecule has 0 atom stereocenters. The maximum Gasteiger partial charge on any atom is 0.188 e. The van der Waals surface area contributed by atoms with Gasteiger partial charge in [0.15, 0.2) is 6.79 Å². The van der Waals surface area contributed by atoms with Crippen molar-refractivity contribution in [2.45, 2.75) is 0 Å². The quantitative estimate of drug-likeness (QED) is 0.575. The number of benzene rings is 2. The fourth-order valence-electron chi connectivity index (χ4n) is 1.98. The maximum absolute atomic E-state index is 5.54. The van der Waals surface area contributed by atoms with Crippen LogP contribution in [0.15, 0.2) is 42.5 Å². The Labute approximate surface area is 130 Å². The average molecular weight is 300 g/mol. The van der Waals surface area contributed by atoms with Gasteiger partial charge < -0.3 is 18.9 Å². The van der Waals surface area contributed by atoms with Gasteiger partial charge in [0.1, 0.15) is 17.2 Å². The first kappa shape index (κ1) is 15.9. The van der Waals surface area contributed by atoms with Crippen LogP contribution in [0.4, 0.5) is 0 Å². The summed E-state index contributed by atoms with van der Waals surface area (Å²) in [5.74, 6) is 2.28. The minimum absolute atomic E-state index is 0.220. The Morgan fingerprint density at radius 3 is 2.18 bits per heavy atom. The van der Waals surface area contributed by atoms with Crippen LogP contribution in [0.1, 0.15) is 11.1 Å². The molecule has 0 amide bonds. The molecule has 0 radical (unpaired) electrons. The Kier molecular flexibility index (Phi) is 5.86. The predicted molar refractivity (Wildman–Crippen MR) is 87.4 cm³/mol. The number of hydrogen-bond acceptors (Lipinski definition) is 4. The van der Waals surface area contributed by atoms with E-state index in [0.717, 1.165) is 28.4 Å². The van der Waals surface area contributed by atoms with Gasteiger partial charge >= 0.3 is 0 Å². The molecule has 0 aromatic heterocycles. The molecule has 0 N–H and O–H groups in total. The Hall–Kier alpha value is -2.46. The highest BCUT2D eigenvalue weighted by molar-refractivity contribution is 5.73. The summed E-state index contributed by atoms with van der Waals surface area (Å²) in [4.78, 5) is 0. The molecule has 0 aliphatic rings. The highest BCUT2D eigenvalue weighted by Crippen LogP contribution is 2.25. The molecular formula is C18H20O4. The molecule has 2 aromatic rings. The van der Waals surface area contributed by atoms with Crippen molar-refractivity contribution in [3.63, 3.8) is 0 Å². The molecule has 2 rings (SSSR count). The lowest BCUT2D eigenvalue weighted by molar-refractivity contribution is 0.0510. The summed E-state index contributed by atoms with van der Waals surface area (Å²) >= 11 is 0. The van der Waals surface area contributed by atoms with Gasteiger partial charge in [-0.15, -0.1) is 0 Å². The minimum Gasteiger partial charge on any atom is -0.497 e. The molecule has 0 bridgehead atoms. The third-order valence-electron chi connectivity index (χ3n) is 3.08. The SMILES string of the molecule is COCOc1ccccc1/C=C/c1cc(OC)cc(OC)c1. The van der Waals surface area contributed by atoms with Crippen molar-refractivity contribution >= 4 is 12.2 Å². The van der Waals surface area contributed by atoms with Gasteiger partial charge in [-0.3, -0.25) is 0 Å². The molecule has 4 nitrogen and oxygen atoms in total. The topological polar surface area (TPSA) is 36.9 Å². The maximum atomic E-state index is 5.54. The summed E-state index contributed by atoms with van der Waals surface area (Å²) in [6.07, 6.45) is 3.97. The van der Waals surface area contributed by atoms with Gasteiger partial charge in [-0.2, -0.15) is 0 Å². The molecular weight excluding hydrogens is 280 g/mol. The van der Waals surface area contributed by atoms with Gasteiger partial charge in [-0.1, -0.05) is 30.4 Å². The lowest BCUT2D eigenvalue weighted by Crippen LogP contribution is -1.99. The zero-order valence-electron chi connectivity index (χ0n) is 13.0. The zero-order chi connectivity index (χ0) is 15.8. The summed E-state index contributed by atoms with van der Waals surface area (Å²) in [6, 6.07) is 13.5. The van der Waals surface area contributed by atoms with E-state index in [9.17, 15) is 0 Å². The van der Waals surface area contributed by atoms with Crippen molar-refractivity contribution in [2.24, 2.45) is 0 Å². The van der Waals surface area contributed by atoms with E-state index >= 15 is 0 Å². The smallest absolute Gasteiger partial charge is 0.188 e. The van der Waals surface area contributed by atoms with Crippen molar-refractivity contribution in [2.75, 3.05) is 28.1 Å². The summed E-state index contributed by atoms with van der Waals surface area (Å²) < 4.78 is 21.0. The van der Waals surface area contributed by atoms with Gasteiger partial charge in [0.25, 0.3) is 0 Å². The number of para-hydroxylation sites is 1. The van der Waals surface area contributed by atoms with E-state index in [1.807, 2.05) is 54.6 Å². The van der Waals surface area contributed by atoms with Crippen molar-refractivity contribution in [3.05, 3.63) is 53.6 Å². The van der Waals surface area contributed by atoms with E-state index in [0.29, 0.717) is 0 Å². The third kappa shape index (κ3) is 4.27. The van der Waals surface area contributed by atoms with E-state index in [-0.39, 0.29) is 6.79 Å². The van der Waals surface area contributed by atoms with Crippen LogP contribution < -0.4 is 14.2 Å². The monoisotopic (exact) mass is 300 g/mol. The second kappa shape index (κ2) is 8.10. The fraction of sp³-hybridized carbons (Fsp3) is 0.222. The van der Waals surface area contributed by atoms with Gasteiger partial charge in [0, 0.05) is 18.7 Å². The molecule has 22 heavy (non-hydrogen) atoms. The third-order valence-corrected chi connectivity index (χ3v) is 3.08. The lowest BCUT2D eigenvalue weighted by Gasteiger charge is -2.08. The first-order chi connectivity index (χ1) is 10.8. The molecule has 4 heteroatoms. The molecule has 0 unspecified atom stereocenters. The van der Waals surface area contributed by atoms with Crippen LogP contribution in [0.25, 0.3) is 12.2 Å². The molecule has 0 saturated carbocycles. The first-order valence-corrected chi connectivity index (χ1v) is 6.88. The van der Waals surface area contributed by atoms with Crippen LogP contribution in [0, 0.1) is 0 Å². The van der Waals surface area contributed by atoms with Crippen LogP contribution >= 0.6 is 0 Å². The normalized spacial score (nSPS) is 10.7. The van der Waals surface area contributed by atoms with Crippen LogP contribution in [-0.2, 0) is 4.74 Å². The fourth-order valence-corrected chi connectivity index (χ4v) is 1.98. The number of ether oxygens (including phenoxy) is 4. The van der Waals surface area contributed by atoms with Crippen LogP contribution in [0.2, 0.25) is 0 Å². The lowest BCUT2D eigenvalue weighted by atomic mass is 10.1. The molecule has 0 saturated heterocycles. The number of rotatable bonds is 7. The number of hydrogen-bond donors (Lipinski definition) is 0.